The van der Waals surface area contributed by atoms with E-state index in [2.05, 4.69) is 24.1 Å². The van der Waals surface area contributed by atoms with E-state index in [0.717, 1.165) is 12.8 Å². The molecule has 0 bridgehead atoms. The number of nitrogens with one attached hydrogen (secondary N) is 1. The van der Waals surface area contributed by atoms with Crippen molar-refractivity contribution in [2.75, 3.05) is 31.6 Å². The van der Waals surface area contributed by atoms with Gasteiger partial charge in [-0.2, -0.15) is 0 Å². The van der Waals surface area contributed by atoms with Gasteiger partial charge in [0.25, 0.3) is 0 Å². The van der Waals surface area contributed by atoms with E-state index in [1.54, 1.807) is 4.90 Å². The summed E-state index contributed by atoms with van der Waals surface area (Å²) in [6.07, 6.45) is 3.29. The molecule has 2 aliphatic heterocycles. The molecule has 6 nitrogen and oxygen atoms in total. The third-order valence-electron chi connectivity index (χ3n) is 3.93. The lowest BCUT2D eigenvalue weighted by Gasteiger charge is -2.37. The summed E-state index contributed by atoms with van der Waals surface area (Å²) in [5.74, 6) is -0.0115. The van der Waals surface area contributed by atoms with Crippen LogP contribution in [0.2, 0.25) is 0 Å². The van der Waals surface area contributed by atoms with Gasteiger partial charge in [0.05, 0.1) is 13.2 Å². The number of anilines is 1. The van der Waals surface area contributed by atoms with E-state index in [0.29, 0.717) is 37.4 Å². The molecule has 3 heterocycles. The highest BCUT2D eigenvalue weighted by atomic mass is 32.1. The van der Waals surface area contributed by atoms with Crippen LogP contribution >= 0.6 is 11.3 Å². The van der Waals surface area contributed by atoms with Gasteiger partial charge in [0.1, 0.15) is 0 Å². The summed E-state index contributed by atoms with van der Waals surface area (Å²) in [6, 6.07) is -0.0903. The molecule has 1 aromatic heterocycles. The fraction of sp³-hybridized carbons (Fsp3) is 0.714. The molecule has 0 atom stereocenters. The second-order valence-corrected chi connectivity index (χ2v) is 6.81. The molecule has 2 aliphatic rings. The van der Waals surface area contributed by atoms with E-state index < -0.39 is 5.79 Å². The van der Waals surface area contributed by atoms with E-state index in [1.807, 2.05) is 6.20 Å². The van der Waals surface area contributed by atoms with Gasteiger partial charge in [-0.3, -0.25) is 5.32 Å². The Morgan fingerprint density at radius 1 is 1.38 bits per heavy atom. The fourth-order valence-electron chi connectivity index (χ4n) is 2.62. The zero-order chi connectivity index (χ0) is 14.9. The average Bonchev–Trinajstić information content (AvgIpc) is 3.10. The van der Waals surface area contributed by atoms with E-state index in [9.17, 15) is 4.79 Å². The van der Waals surface area contributed by atoms with Gasteiger partial charge in [0, 0.05) is 37.0 Å². The highest BCUT2D eigenvalue weighted by Crippen LogP contribution is 2.31. The van der Waals surface area contributed by atoms with Crippen LogP contribution in [-0.2, 0) is 9.47 Å². The number of carbonyl (C=O) groups excluding carboxylic acids is 1. The molecule has 0 saturated carbocycles. The molecule has 2 saturated heterocycles. The second kappa shape index (κ2) is 5.90. The summed E-state index contributed by atoms with van der Waals surface area (Å²) in [4.78, 5) is 19.5. The average molecular weight is 311 g/mol. The maximum absolute atomic E-state index is 12.2. The third-order valence-corrected chi connectivity index (χ3v) is 5.15. The van der Waals surface area contributed by atoms with Gasteiger partial charge < -0.3 is 14.4 Å². The van der Waals surface area contributed by atoms with Crippen molar-refractivity contribution in [1.29, 1.82) is 0 Å². The number of hydrogen-bond donors (Lipinski definition) is 1. The van der Waals surface area contributed by atoms with Crippen molar-refractivity contribution >= 4 is 22.5 Å². The van der Waals surface area contributed by atoms with Crippen molar-refractivity contribution in [1.82, 2.24) is 9.88 Å². The molecule has 3 rings (SSSR count). The number of aromatic nitrogens is 1. The highest BCUT2D eigenvalue weighted by Gasteiger charge is 2.40. The summed E-state index contributed by atoms with van der Waals surface area (Å²) >= 11 is 1.53. The van der Waals surface area contributed by atoms with E-state index in [4.69, 9.17) is 9.47 Å². The zero-order valence-electron chi connectivity index (χ0n) is 12.4. The van der Waals surface area contributed by atoms with Gasteiger partial charge >= 0.3 is 6.03 Å². The van der Waals surface area contributed by atoms with Gasteiger partial charge in [-0.25, -0.2) is 9.78 Å². The van der Waals surface area contributed by atoms with Crippen LogP contribution in [0.3, 0.4) is 0 Å². The Balaban J connectivity index is 1.54. The first kappa shape index (κ1) is 14.7. The van der Waals surface area contributed by atoms with Crippen LogP contribution in [0.5, 0.6) is 0 Å². The van der Waals surface area contributed by atoms with Crippen molar-refractivity contribution in [2.45, 2.75) is 38.4 Å². The number of nitrogens with zero attached hydrogens (tertiary/aromatic N) is 2. The number of rotatable bonds is 2. The van der Waals surface area contributed by atoms with Crippen LogP contribution in [0.4, 0.5) is 9.93 Å². The number of carbonyl (C=O) groups is 1. The number of urea groups is 1. The summed E-state index contributed by atoms with van der Waals surface area (Å²) in [5, 5.41) is 3.54. The van der Waals surface area contributed by atoms with Crippen LogP contribution in [0.15, 0.2) is 6.20 Å². The Morgan fingerprint density at radius 2 is 2.05 bits per heavy atom. The highest BCUT2D eigenvalue weighted by molar-refractivity contribution is 7.15. The number of likely N-dealkylation sites (tertiary alicyclic amines) is 1. The SMILES string of the molecule is CC(C)c1cnc(NC(=O)N2CCC3(CC2)OCCO3)s1. The minimum absolute atomic E-state index is 0.0903. The topological polar surface area (TPSA) is 63.7 Å². The molecule has 1 spiro atoms. The van der Waals surface area contributed by atoms with Crippen LogP contribution in [0.25, 0.3) is 0 Å². The first-order valence-electron chi connectivity index (χ1n) is 7.37. The Labute approximate surface area is 128 Å². The first-order chi connectivity index (χ1) is 10.1. The van der Waals surface area contributed by atoms with Gasteiger partial charge in [0.15, 0.2) is 10.9 Å². The number of amides is 2. The minimum atomic E-state index is -0.442. The largest absolute Gasteiger partial charge is 0.347 e. The molecule has 0 radical (unpaired) electrons. The molecular weight excluding hydrogens is 290 g/mol. The summed E-state index contributed by atoms with van der Waals surface area (Å²) in [5.41, 5.74) is 0. The second-order valence-electron chi connectivity index (χ2n) is 5.75. The molecule has 0 aromatic carbocycles. The van der Waals surface area contributed by atoms with Crippen LogP contribution in [0.1, 0.15) is 37.5 Å². The number of hydrogen-bond acceptors (Lipinski definition) is 5. The lowest BCUT2D eigenvalue weighted by atomic mass is 10.0. The van der Waals surface area contributed by atoms with Crippen molar-refractivity contribution in [3.8, 4) is 0 Å². The smallest absolute Gasteiger partial charge is 0.323 e. The quantitative estimate of drug-likeness (QED) is 0.912. The molecule has 21 heavy (non-hydrogen) atoms. The van der Waals surface area contributed by atoms with Gasteiger partial charge in [-0.15, -0.1) is 11.3 Å². The molecule has 2 fully saturated rings. The first-order valence-corrected chi connectivity index (χ1v) is 8.19. The van der Waals surface area contributed by atoms with Gasteiger partial charge in [0.2, 0.25) is 0 Å². The van der Waals surface area contributed by atoms with Crippen LogP contribution in [0, 0.1) is 0 Å². The van der Waals surface area contributed by atoms with Crippen LogP contribution < -0.4 is 5.32 Å². The maximum Gasteiger partial charge on any atom is 0.323 e. The van der Waals surface area contributed by atoms with Crippen molar-refractivity contribution in [3.63, 3.8) is 0 Å². The molecule has 0 unspecified atom stereocenters. The molecule has 1 aromatic rings. The summed E-state index contributed by atoms with van der Waals surface area (Å²) < 4.78 is 11.3. The van der Waals surface area contributed by atoms with E-state index in [-0.39, 0.29) is 6.03 Å². The van der Waals surface area contributed by atoms with E-state index >= 15 is 0 Å². The summed E-state index contributed by atoms with van der Waals surface area (Å²) in [6.45, 7) is 6.84. The molecule has 2 amide bonds. The van der Waals surface area contributed by atoms with Crippen molar-refractivity contribution in [3.05, 3.63) is 11.1 Å². The Kier molecular flexibility index (Phi) is 4.14. The maximum atomic E-state index is 12.2. The molecular formula is C14H21N3O3S. The predicted octanol–water partition coefficient (Wildman–Crippen LogP) is 2.64. The minimum Gasteiger partial charge on any atom is -0.347 e. The predicted molar refractivity (Wildman–Crippen MR) is 80.7 cm³/mol. The lowest BCUT2D eigenvalue weighted by Crippen LogP contribution is -2.48. The molecule has 0 aliphatic carbocycles. The lowest BCUT2D eigenvalue weighted by molar-refractivity contribution is -0.181. The standard InChI is InChI=1S/C14H21N3O3S/c1-10(2)11-9-15-12(21-11)16-13(18)17-5-3-14(4-6-17)19-7-8-20-14/h9-10H,3-8H2,1-2H3,(H,15,16,18). The number of ether oxygens (including phenoxy) is 2. The molecule has 7 heteroatoms. The third kappa shape index (κ3) is 3.20. The van der Waals surface area contributed by atoms with Gasteiger partial charge in [-0.1, -0.05) is 13.8 Å². The Hall–Kier alpha value is -1.18. The Morgan fingerprint density at radius 3 is 2.62 bits per heavy atom. The normalized spacial score (nSPS) is 21.2. The van der Waals surface area contributed by atoms with Gasteiger partial charge in [-0.05, 0) is 5.92 Å². The molecule has 116 valence electrons. The summed E-state index contributed by atoms with van der Waals surface area (Å²) in [7, 11) is 0. The monoisotopic (exact) mass is 311 g/mol. The fourth-order valence-corrected chi connectivity index (χ4v) is 3.43. The van der Waals surface area contributed by atoms with Crippen molar-refractivity contribution < 1.29 is 14.3 Å². The Bertz CT molecular complexity index is 501. The number of piperidine rings is 1. The zero-order valence-corrected chi connectivity index (χ0v) is 13.2. The van der Waals surface area contributed by atoms with E-state index in [1.165, 1.54) is 16.2 Å². The van der Waals surface area contributed by atoms with Crippen molar-refractivity contribution in [2.24, 2.45) is 0 Å². The van der Waals surface area contributed by atoms with Crippen LogP contribution in [-0.4, -0.2) is 48.0 Å². The number of thiazole rings is 1. The molecule has 1 N–H and O–H groups in total.